The SMILES string of the molecule is COc1ccc(C)cc1C(C)(O)c1cc(C)ccc1C. The first-order valence-corrected chi connectivity index (χ1v) is 6.81. The zero-order valence-electron chi connectivity index (χ0n) is 12.8. The number of aryl methyl sites for hydroxylation is 3. The molecule has 0 aliphatic carbocycles. The van der Waals surface area contributed by atoms with Gasteiger partial charge in [-0.15, -0.1) is 0 Å². The zero-order chi connectivity index (χ0) is 14.9. The summed E-state index contributed by atoms with van der Waals surface area (Å²) in [6.45, 7) is 7.90. The Bertz CT molecular complexity index is 627. The van der Waals surface area contributed by atoms with E-state index in [0.717, 1.165) is 27.8 Å². The number of aliphatic hydroxyl groups is 1. The van der Waals surface area contributed by atoms with Crippen molar-refractivity contribution in [3.63, 3.8) is 0 Å². The van der Waals surface area contributed by atoms with Crippen molar-refractivity contribution in [1.82, 2.24) is 0 Å². The van der Waals surface area contributed by atoms with E-state index in [1.54, 1.807) is 7.11 Å². The lowest BCUT2D eigenvalue weighted by molar-refractivity contribution is 0.0981. The van der Waals surface area contributed by atoms with Crippen molar-refractivity contribution in [2.75, 3.05) is 7.11 Å². The Morgan fingerprint density at radius 3 is 2.05 bits per heavy atom. The summed E-state index contributed by atoms with van der Waals surface area (Å²) in [7, 11) is 1.63. The summed E-state index contributed by atoms with van der Waals surface area (Å²) in [4.78, 5) is 0. The van der Waals surface area contributed by atoms with Crippen LogP contribution in [0.3, 0.4) is 0 Å². The lowest BCUT2D eigenvalue weighted by Crippen LogP contribution is -2.25. The fourth-order valence-corrected chi connectivity index (χ4v) is 2.61. The quantitative estimate of drug-likeness (QED) is 0.917. The summed E-state index contributed by atoms with van der Waals surface area (Å²) in [5, 5.41) is 11.1. The molecule has 0 aromatic heterocycles. The van der Waals surface area contributed by atoms with Crippen molar-refractivity contribution in [2.45, 2.75) is 33.3 Å². The van der Waals surface area contributed by atoms with Gasteiger partial charge in [-0.05, 0) is 51.0 Å². The van der Waals surface area contributed by atoms with Crippen LogP contribution in [0, 0.1) is 20.8 Å². The van der Waals surface area contributed by atoms with Crippen molar-refractivity contribution in [3.05, 3.63) is 64.2 Å². The van der Waals surface area contributed by atoms with Crippen LogP contribution in [-0.4, -0.2) is 12.2 Å². The van der Waals surface area contributed by atoms with E-state index in [2.05, 4.69) is 6.07 Å². The van der Waals surface area contributed by atoms with Crippen LogP contribution in [0.5, 0.6) is 5.75 Å². The number of methoxy groups -OCH3 is 1. The van der Waals surface area contributed by atoms with Crippen molar-refractivity contribution in [3.8, 4) is 5.75 Å². The molecule has 0 bridgehead atoms. The molecule has 2 aromatic rings. The molecule has 0 aliphatic rings. The highest BCUT2D eigenvalue weighted by molar-refractivity contribution is 5.48. The van der Waals surface area contributed by atoms with Crippen LogP contribution in [0.2, 0.25) is 0 Å². The lowest BCUT2D eigenvalue weighted by atomic mass is 9.83. The second kappa shape index (κ2) is 5.29. The Balaban J connectivity index is 2.65. The van der Waals surface area contributed by atoms with E-state index >= 15 is 0 Å². The molecule has 2 heteroatoms. The normalized spacial score (nSPS) is 13.9. The molecule has 0 heterocycles. The second-order valence-corrected chi connectivity index (χ2v) is 5.59. The van der Waals surface area contributed by atoms with E-state index in [0.29, 0.717) is 5.75 Å². The molecule has 2 nitrogen and oxygen atoms in total. The molecule has 0 amide bonds. The molecule has 2 rings (SSSR count). The number of hydrogen-bond donors (Lipinski definition) is 1. The van der Waals surface area contributed by atoms with Gasteiger partial charge < -0.3 is 9.84 Å². The number of benzene rings is 2. The van der Waals surface area contributed by atoms with E-state index in [4.69, 9.17) is 4.74 Å². The molecular formula is C18H22O2. The smallest absolute Gasteiger partial charge is 0.125 e. The van der Waals surface area contributed by atoms with E-state index in [-0.39, 0.29) is 0 Å². The van der Waals surface area contributed by atoms with Gasteiger partial charge >= 0.3 is 0 Å². The maximum Gasteiger partial charge on any atom is 0.125 e. The van der Waals surface area contributed by atoms with Gasteiger partial charge in [-0.2, -0.15) is 0 Å². The topological polar surface area (TPSA) is 29.5 Å². The minimum absolute atomic E-state index is 0.710. The number of hydrogen-bond acceptors (Lipinski definition) is 2. The average Bonchev–Trinajstić information content (AvgIpc) is 2.41. The van der Waals surface area contributed by atoms with Gasteiger partial charge in [0, 0.05) is 5.56 Å². The fraction of sp³-hybridized carbons (Fsp3) is 0.333. The minimum Gasteiger partial charge on any atom is -0.496 e. The first-order chi connectivity index (χ1) is 9.36. The molecule has 2 aromatic carbocycles. The molecule has 1 N–H and O–H groups in total. The van der Waals surface area contributed by atoms with Gasteiger partial charge in [0.15, 0.2) is 0 Å². The van der Waals surface area contributed by atoms with E-state index in [1.165, 1.54) is 0 Å². The zero-order valence-corrected chi connectivity index (χ0v) is 12.8. The van der Waals surface area contributed by atoms with Crippen molar-refractivity contribution < 1.29 is 9.84 Å². The molecule has 0 spiro atoms. The Labute approximate surface area is 121 Å². The summed E-state index contributed by atoms with van der Waals surface area (Å²) in [5.74, 6) is 0.710. The van der Waals surface area contributed by atoms with Crippen LogP contribution >= 0.6 is 0 Å². The molecule has 0 aliphatic heterocycles. The first kappa shape index (κ1) is 14.6. The molecule has 20 heavy (non-hydrogen) atoms. The third-order valence-electron chi connectivity index (χ3n) is 3.80. The van der Waals surface area contributed by atoms with Gasteiger partial charge in [0.1, 0.15) is 11.4 Å². The van der Waals surface area contributed by atoms with Crippen molar-refractivity contribution >= 4 is 0 Å². The number of ether oxygens (including phenoxy) is 1. The lowest BCUT2D eigenvalue weighted by Gasteiger charge is -2.28. The third kappa shape index (κ3) is 2.56. The van der Waals surface area contributed by atoms with Crippen LogP contribution in [0.1, 0.15) is 34.7 Å². The first-order valence-electron chi connectivity index (χ1n) is 6.81. The maximum atomic E-state index is 11.1. The summed E-state index contributed by atoms with van der Waals surface area (Å²) in [6.07, 6.45) is 0. The van der Waals surface area contributed by atoms with Crippen LogP contribution in [0.4, 0.5) is 0 Å². The van der Waals surface area contributed by atoms with Crippen LogP contribution < -0.4 is 4.74 Å². The van der Waals surface area contributed by atoms with Crippen molar-refractivity contribution in [1.29, 1.82) is 0 Å². The summed E-state index contributed by atoms with van der Waals surface area (Å²) < 4.78 is 5.42. The maximum absolute atomic E-state index is 11.1. The van der Waals surface area contributed by atoms with E-state index < -0.39 is 5.60 Å². The standard InChI is InChI=1S/C18H22O2/c1-12-6-8-14(3)15(10-12)18(4,19)16-11-13(2)7-9-17(16)20-5/h6-11,19H,1-5H3. The Hall–Kier alpha value is -1.80. The minimum atomic E-state index is -1.08. The fourth-order valence-electron chi connectivity index (χ4n) is 2.61. The molecule has 0 fully saturated rings. The molecule has 0 radical (unpaired) electrons. The Morgan fingerprint density at radius 2 is 1.45 bits per heavy atom. The van der Waals surface area contributed by atoms with Crippen molar-refractivity contribution in [2.24, 2.45) is 0 Å². The molecular weight excluding hydrogens is 248 g/mol. The van der Waals surface area contributed by atoms with Crippen LogP contribution in [0.25, 0.3) is 0 Å². The molecule has 1 atom stereocenters. The highest BCUT2D eigenvalue weighted by Crippen LogP contribution is 2.37. The van der Waals surface area contributed by atoms with Crippen LogP contribution in [0.15, 0.2) is 36.4 Å². The van der Waals surface area contributed by atoms with Gasteiger partial charge in [0.25, 0.3) is 0 Å². The highest BCUT2D eigenvalue weighted by Gasteiger charge is 2.30. The van der Waals surface area contributed by atoms with Gasteiger partial charge in [0.05, 0.1) is 7.11 Å². The molecule has 1 unspecified atom stereocenters. The van der Waals surface area contributed by atoms with Gasteiger partial charge in [0.2, 0.25) is 0 Å². The summed E-state index contributed by atoms with van der Waals surface area (Å²) >= 11 is 0. The largest absolute Gasteiger partial charge is 0.496 e. The summed E-state index contributed by atoms with van der Waals surface area (Å²) in [5.41, 5.74) is 3.95. The molecule has 0 saturated carbocycles. The third-order valence-corrected chi connectivity index (χ3v) is 3.80. The predicted octanol–water partition coefficient (Wildman–Crippen LogP) is 3.88. The van der Waals surface area contributed by atoms with E-state index in [1.807, 2.05) is 58.0 Å². The van der Waals surface area contributed by atoms with Gasteiger partial charge in [-0.3, -0.25) is 0 Å². The molecule has 0 saturated heterocycles. The molecule has 106 valence electrons. The Kier molecular flexibility index (Phi) is 3.87. The van der Waals surface area contributed by atoms with Crippen LogP contribution in [-0.2, 0) is 5.60 Å². The van der Waals surface area contributed by atoms with Gasteiger partial charge in [-0.1, -0.05) is 35.4 Å². The van der Waals surface area contributed by atoms with E-state index in [9.17, 15) is 5.11 Å². The highest BCUT2D eigenvalue weighted by atomic mass is 16.5. The number of rotatable bonds is 3. The summed E-state index contributed by atoms with van der Waals surface area (Å²) in [6, 6.07) is 12.0. The Morgan fingerprint density at radius 1 is 0.900 bits per heavy atom. The average molecular weight is 270 g/mol. The monoisotopic (exact) mass is 270 g/mol. The second-order valence-electron chi connectivity index (χ2n) is 5.59. The van der Waals surface area contributed by atoms with Gasteiger partial charge in [-0.25, -0.2) is 0 Å². The predicted molar refractivity (Wildman–Crippen MR) is 82.3 cm³/mol.